The highest BCUT2D eigenvalue weighted by Gasteiger charge is 2.49. The lowest BCUT2D eigenvalue weighted by Gasteiger charge is -2.48. The Hall–Kier alpha value is 0. The summed E-state index contributed by atoms with van der Waals surface area (Å²) in [6.07, 6.45) is 10.5. The maximum atomic E-state index is 2.54. The Kier molecular flexibility index (Phi) is 2.91. The van der Waals surface area contributed by atoms with E-state index in [2.05, 4.69) is 20.8 Å². The SMILES string of the molecule is CCCC12CCCC1CCC(C)C2C. The van der Waals surface area contributed by atoms with E-state index in [4.69, 9.17) is 0 Å². The molecule has 2 saturated carbocycles. The van der Waals surface area contributed by atoms with Crippen molar-refractivity contribution in [2.24, 2.45) is 23.2 Å². The molecule has 0 amide bonds. The molecule has 0 aromatic heterocycles. The van der Waals surface area contributed by atoms with Gasteiger partial charge in [-0.25, -0.2) is 0 Å². The average molecular weight is 194 g/mol. The molecular formula is C14H26. The quantitative estimate of drug-likeness (QED) is 0.601. The monoisotopic (exact) mass is 194 g/mol. The van der Waals surface area contributed by atoms with E-state index >= 15 is 0 Å². The summed E-state index contributed by atoms with van der Waals surface area (Å²) in [6, 6.07) is 0. The zero-order valence-electron chi connectivity index (χ0n) is 10.2. The lowest BCUT2D eigenvalue weighted by molar-refractivity contribution is 0.0120. The van der Waals surface area contributed by atoms with Gasteiger partial charge in [0.2, 0.25) is 0 Å². The average Bonchev–Trinajstić information content (AvgIpc) is 2.57. The van der Waals surface area contributed by atoms with E-state index in [0.29, 0.717) is 0 Å². The summed E-state index contributed by atoms with van der Waals surface area (Å²) in [7, 11) is 0. The summed E-state index contributed by atoms with van der Waals surface area (Å²) in [5.74, 6) is 3.06. The Labute approximate surface area is 89.5 Å². The fourth-order valence-corrected chi connectivity index (χ4v) is 4.50. The summed E-state index contributed by atoms with van der Waals surface area (Å²) < 4.78 is 0. The third kappa shape index (κ3) is 1.42. The van der Waals surface area contributed by atoms with Crippen LogP contribution >= 0.6 is 0 Å². The second-order valence-corrected chi connectivity index (χ2v) is 5.92. The molecule has 2 aliphatic carbocycles. The first-order valence-corrected chi connectivity index (χ1v) is 6.70. The highest BCUT2D eigenvalue weighted by Crippen LogP contribution is 2.59. The van der Waals surface area contributed by atoms with Gasteiger partial charge in [-0.05, 0) is 48.9 Å². The molecule has 2 fully saturated rings. The number of fused-ring (bicyclic) bond motifs is 1. The minimum atomic E-state index is 0.770. The van der Waals surface area contributed by atoms with E-state index in [9.17, 15) is 0 Å². The first kappa shape index (κ1) is 10.5. The van der Waals surface area contributed by atoms with E-state index < -0.39 is 0 Å². The summed E-state index contributed by atoms with van der Waals surface area (Å²) in [4.78, 5) is 0. The first-order valence-electron chi connectivity index (χ1n) is 6.70. The molecular weight excluding hydrogens is 168 g/mol. The molecule has 0 aromatic rings. The number of hydrogen-bond acceptors (Lipinski definition) is 0. The summed E-state index contributed by atoms with van der Waals surface area (Å²) in [5, 5.41) is 0. The van der Waals surface area contributed by atoms with Gasteiger partial charge in [-0.2, -0.15) is 0 Å². The fraction of sp³-hybridized carbons (Fsp3) is 1.00. The van der Waals surface area contributed by atoms with Crippen molar-refractivity contribution in [3.63, 3.8) is 0 Å². The smallest absolute Gasteiger partial charge is 0.0241 e. The summed E-state index contributed by atoms with van der Waals surface area (Å²) in [5.41, 5.74) is 0.770. The molecule has 0 spiro atoms. The third-order valence-electron chi connectivity index (χ3n) is 5.45. The van der Waals surface area contributed by atoms with Gasteiger partial charge in [0, 0.05) is 0 Å². The zero-order chi connectivity index (χ0) is 10.2. The molecule has 0 N–H and O–H groups in total. The van der Waals surface area contributed by atoms with Crippen LogP contribution in [0.25, 0.3) is 0 Å². The van der Waals surface area contributed by atoms with Crippen LogP contribution in [0.15, 0.2) is 0 Å². The molecule has 0 saturated heterocycles. The molecule has 2 rings (SSSR count). The Morgan fingerprint density at radius 1 is 1.14 bits per heavy atom. The fourth-order valence-electron chi connectivity index (χ4n) is 4.50. The van der Waals surface area contributed by atoms with E-state index in [-0.39, 0.29) is 0 Å². The Morgan fingerprint density at radius 3 is 2.64 bits per heavy atom. The Morgan fingerprint density at radius 2 is 1.93 bits per heavy atom. The molecule has 0 radical (unpaired) electrons. The predicted molar refractivity (Wildman–Crippen MR) is 62.2 cm³/mol. The first-order chi connectivity index (χ1) is 6.70. The largest absolute Gasteiger partial charge is 0.0654 e. The van der Waals surface area contributed by atoms with Gasteiger partial charge in [0.25, 0.3) is 0 Å². The van der Waals surface area contributed by atoms with E-state index in [0.717, 1.165) is 23.2 Å². The van der Waals surface area contributed by atoms with Crippen LogP contribution in [0.5, 0.6) is 0 Å². The van der Waals surface area contributed by atoms with Crippen LogP contribution in [0.3, 0.4) is 0 Å². The van der Waals surface area contributed by atoms with Crippen molar-refractivity contribution in [2.75, 3.05) is 0 Å². The van der Waals surface area contributed by atoms with Crippen molar-refractivity contribution in [1.29, 1.82) is 0 Å². The topological polar surface area (TPSA) is 0 Å². The van der Waals surface area contributed by atoms with Crippen LogP contribution in [0.2, 0.25) is 0 Å². The molecule has 0 heterocycles. The van der Waals surface area contributed by atoms with Crippen molar-refractivity contribution in [1.82, 2.24) is 0 Å². The lowest BCUT2D eigenvalue weighted by atomic mass is 9.57. The third-order valence-corrected chi connectivity index (χ3v) is 5.45. The van der Waals surface area contributed by atoms with E-state index in [1.807, 2.05) is 0 Å². The highest BCUT2D eigenvalue weighted by atomic mass is 14.5. The van der Waals surface area contributed by atoms with Crippen LogP contribution in [-0.2, 0) is 0 Å². The molecule has 4 unspecified atom stereocenters. The molecule has 0 aromatic carbocycles. The molecule has 0 nitrogen and oxygen atoms in total. The second kappa shape index (κ2) is 3.87. The molecule has 4 atom stereocenters. The van der Waals surface area contributed by atoms with Crippen LogP contribution in [0, 0.1) is 23.2 Å². The van der Waals surface area contributed by atoms with E-state index in [1.54, 1.807) is 0 Å². The summed E-state index contributed by atoms with van der Waals surface area (Å²) in [6.45, 7) is 7.39. The van der Waals surface area contributed by atoms with Crippen molar-refractivity contribution >= 4 is 0 Å². The maximum Gasteiger partial charge on any atom is -0.0241 e. The van der Waals surface area contributed by atoms with Crippen molar-refractivity contribution in [2.45, 2.75) is 65.7 Å². The van der Waals surface area contributed by atoms with Gasteiger partial charge in [-0.15, -0.1) is 0 Å². The number of hydrogen-bond donors (Lipinski definition) is 0. The van der Waals surface area contributed by atoms with Gasteiger partial charge >= 0.3 is 0 Å². The van der Waals surface area contributed by atoms with Crippen LogP contribution < -0.4 is 0 Å². The molecule has 0 aliphatic heterocycles. The summed E-state index contributed by atoms with van der Waals surface area (Å²) >= 11 is 0. The van der Waals surface area contributed by atoms with Gasteiger partial charge in [0.05, 0.1) is 0 Å². The van der Waals surface area contributed by atoms with Gasteiger partial charge in [0.1, 0.15) is 0 Å². The number of rotatable bonds is 2. The molecule has 0 bridgehead atoms. The van der Waals surface area contributed by atoms with Gasteiger partial charge in [-0.3, -0.25) is 0 Å². The van der Waals surface area contributed by atoms with Crippen molar-refractivity contribution in [3.05, 3.63) is 0 Å². The lowest BCUT2D eigenvalue weighted by Crippen LogP contribution is -2.40. The predicted octanol–water partition coefficient (Wildman–Crippen LogP) is 4.64. The standard InChI is InChI=1S/C14H26/c1-4-9-14-10-5-6-13(14)8-7-11(2)12(14)3/h11-13H,4-10H2,1-3H3. The minimum Gasteiger partial charge on any atom is -0.0654 e. The molecule has 2 aliphatic rings. The van der Waals surface area contributed by atoms with Crippen molar-refractivity contribution < 1.29 is 0 Å². The van der Waals surface area contributed by atoms with Crippen LogP contribution in [0.4, 0.5) is 0 Å². The molecule has 82 valence electrons. The maximum absolute atomic E-state index is 2.54. The zero-order valence-corrected chi connectivity index (χ0v) is 10.2. The van der Waals surface area contributed by atoms with E-state index in [1.165, 1.54) is 44.9 Å². The van der Waals surface area contributed by atoms with Gasteiger partial charge < -0.3 is 0 Å². The normalized spacial score (nSPS) is 47.8. The Bertz CT molecular complexity index is 196. The minimum absolute atomic E-state index is 0.770. The second-order valence-electron chi connectivity index (χ2n) is 5.92. The van der Waals surface area contributed by atoms with Crippen molar-refractivity contribution in [3.8, 4) is 0 Å². The van der Waals surface area contributed by atoms with Gasteiger partial charge in [0.15, 0.2) is 0 Å². The Balaban J connectivity index is 2.20. The highest BCUT2D eigenvalue weighted by molar-refractivity contribution is 4.99. The molecule has 0 heteroatoms. The molecule has 14 heavy (non-hydrogen) atoms. The van der Waals surface area contributed by atoms with Crippen LogP contribution in [-0.4, -0.2) is 0 Å². The van der Waals surface area contributed by atoms with Gasteiger partial charge in [-0.1, -0.05) is 40.0 Å². The van der Waals surface area contributed by atoms with Crippen LogP contribution in [0.1, 0.15) is 65.7 Å².